The van der Waals surface area contributed by atoms with Gasteiger partial charge in [0.25, 0.3) is 0 Å². The fourth-order valence-corrected chi connectivity index (χ4v) is 3.16. The van der Waals surface area contributed by atoms with Crippen molar-refractivity contribution in [3.05, 3.63) is 77.1 Å². The van der Waals surface area contributed by atoms with E-state index in [0.29, 0.717) is 18.7 Å². The maximum atomic E-state index is 13.1. The second-order valence-electron chi connectivity index (χ2n) is 7.01. The SMILES string of the molecule is Cc1c(C(C)NCC(Cc2ccc(F)cc2)C(N)=O)nnn1-c1ccc(F)cc1. The van der Waals surface area contributed by atoms with Gasteiger partial charge in [-0.25, -0.2) is 13.5 Å². The molecular formula is C21H23F2N5O. The van der Waals surface area contributed by atoms with E-state index in [1.807, 2.05) is 13.8 Å². The van der Waals surface area contributed by atoms with Crippen molar-refractivity contribution in [2.45, 2.75) is 26.3 Å². The Morgan fingerprint density at radius 1 is 1.10 bits per heavy atom. The Kier molecular flexibility index (Phi) is 6.33. The summed E-state index contributed by atoms with van der Waals surface area (Å²) in [6.07, 6.45) is 0.413. The molecule has 0 spiro atoms. The smallest absolute Gasteiger partial charge is 0.222 e. The fourth-order valence-electron chi connectivity index (χ4n) is 3.16. The first kappa shape index (κ1) is 20.6. The second-order valence-corrected chi connectivity index (χ2v) is 7.01. The molecule has 152 valence electrons. The number of nitrogens with two attached hydrogens (primary N) is 1. The molecular weight excluding hydrogens is 376 g/mol. The minimum atomic E-state index is -0.449. The first-order chi connectivity index (χ1) is 13.8. The molecule has 2 atom stereocenters. The Morgan fingerprint density at radius 3 is 2.28 bits per heavy atom. The number of halogens is 2. The summed E-state index contributed by atoms with van der Waals surface area (Å²) in [6.45, 7) is 4.14. The van der Waals surface area contributed by atoms with Gasteiger partial charge in [-0.15, -0.1) is 5.10 Å². The third-order valence-electron chi connectivity index (χ3n) is 4.88. The Morgan fingerprint density at radius 2 is 1.69 bits per heavy atom. The minimum Gasteiger partial charge on any atom is -0.369 e. The molecule has 6 nitrogen and oxygen atoms in total. The van der Waals surface area contributed by atoms with Crippen molar-refractivity contribution >= 4 is 5.91 Å². The number of nitrogens with zero attached hydrogens (tertiary/aromatic N) is 3. The van der Waals surface area contributed by atoms with Crippen LogP contribution in [-0.4, -0.2) is 27.4 Å². The van der Waals surface area contributed by atoms with Crippen LogP contribution in [0.2, 0.25) is 0 Å². The highest BCUT2D eigenvalue weighted by molar-refractivity contribution is 5.77. The van der Waals surface area contributed by atoms with Crippen LogP contribution in [0.25, 0.3) is 5.69 Å². The van der Waals surface area contributed by atoms with Crippen molar-refractivity contribution in [1.29, 1.82) is 0 Å². The first-order valence-corrected chi connectivity index (χ1v) is 9.30. The molecule has 8 heteroatoms. The Bertz CT molecular complexity index is 970. The highest BCUT2D eigenvalue weighted by atomic mass is 19.1. The number of carbonyl (C=O) groups excluding carboxylic acids is 1. The number of hydrogen-bond acceptors (Lipinski definition) is 4. The molecule has 2 unspecified atom stereocenters. The number of primary amides is 1. The molecule has 0 aliphatic rings. The third kappa shape index (κ3) is 5.03. The molecule has 3 rings (SSSR count). The van der Waals surface area contributed by atoms with Crippen molar-refractivity contribution in [1.82, 2.24) is 20.3 Å². The Balaban J connectivity index is 1.67. The molecule has 0 saturated carbocycles. The predicted molar refractivity (Wildman–Crippen MR) is 105 cm³/mol. The topological polar surface area (TPSA) is 85.8 Å². The molecule has 0 bridgehead atoms. The van der Waals surface area contributed by atoms with E-state index in [4.69, 9.17) is 5.73 Å². The summed E-state index contributed by atoms with van der Waals surface area (Å²) in [5.74, 6) is -1.52. The summed E-state index contributed by atoms with van der Waals surface area (Å²) in [5, 5.41) is 11.7. The van der Waals surface area contributed by atoms with Crippen LogP contribution in [0.3, 0.4) is 0 Å². The number of hydrogen-bond donors (Lipinski definition) is 2. The Hall–Kier alpha value is -3.13. The van der Waals surface area contributed by atoms with Gasteiger partial charge in [-0.3, -0.25) is 4.79 Å². The summed E-state index contributed by atoms with van der Waals surface area (Å²) in [6, 6.07) is 11.8. The molecule has 1 heterocycles. The number of rotatable bonds is 8. The second kappa shape index (κ2) is 8.91. The van der Waals surface area contributed by atoms with Gasteiger partial charge in [0.05, 0.1) is 23.3 Å². The van der Waals surface area contributed by atoms with Crippen LogP contribution < -0.4 is 11.1 Å². The molecule has 29 heavy (non-hydrogen) atoms. The monoisotopic (exact) mass is 399 g/mol. The molecule has 0 aliphatic carbocycles. The maximum Gasteiger partial charge on any atom is 0.222 e. The lowest BCUT2D eigenvalue weighted by Crippen LogP contribution is -2.35. The third-order valence-corrected chi connectivity index (χ3v) is 4.88. The number of amides is 1. The van der Waals surface area contributed by atoms with E-state index in [2.05, 4.69) is 15.6 Å². The van der Waals surface area contributed by atoms with Crippen LogP contribution >= 0.6 is 0 Å². The molecule has 0 aliphatic heterocycles. The molecule has 3 aromatic rings. The summed E-state index contributed by atoms with van der Waals surface area (Å²) < 4.78 is 27.8. The number of carbonyl (C=O) groups is 1. The average Bonchev–Trinajstić information content (AvgIpc) is 3.08. The number of aromatic nitrogens is 3. The van der Waals surface area contributed by atoms with Gasteiger partial charge in [-0.1, -0.05) is 17.3 Å². The lowest BCUT2D eigenvalue weighted by molar-refractivity contribution is -0.121. The normalized spacial score (nSPS) is 13.2. The Labute approximate surface area is 167 Å². The van der Waals surface area contributed by atoms with E-state index in [0.717, 1.165) is 17.0 Å². The average molecular weight is 399 g/mol. The summed E-state index contributed by atoms with van der Waals surface area (Å²) in [7, 11) is 0. The van der Waals surface area contributed by atoms with Crippen molar-refractivity contribution in [2.75, 3.05) is 6.54 Å². The van der Waals surface area contributed by atoms with Gasteiger partial charge in [-0.05, 0) is 62.2 Å². The first-order valence-electron chi connectivity index (χ1n) is 9.30. The van der Waals surface area contributed by atoms with Gasteiger partial charge < -0.3 is 11.1 Å². The lowest BCUT2D eigenvalue weighted by atomic mass is 9.98. The van der Waals surface area contributed by atoms with Gasteiger partial charge in [0, 0.05) is 6.54 Å². The zero-order valence-electron chi connectivity index (χ0n) is 16.3. The van der Waals surface area contributed by atoms with Gasteiger partial charge in [0.15, 0.2) is 0 Å². The summed E-state index contributed by atoms with van der Waals surface area (Å²) in [4.78, 5) is 11.8. The van der Waals surface area contributed by atoms with E-state index in [-0.39, 0.29) is 17.7 Å². The van der Waals surface area contributed by atoms with Crippen LogP contribution in [0.1, 0.15) is 29.9 Å². The molecule has 1 aromatic heterocycles. The molecule has 0 radical (unpaired) electrons. The van der Waals surface area contributed by atoms with E-state index in [9.17, 15) is 13.6 Å². The maximum absolute atomic E-state index is 13.1. The van der Waals surface area contributed by atoms with E-state index < -0.39 is 11.8 Å². The van der Waals surface area contributed by atoms with Crippen LogP contribution in [0.4, 0.5) is 8.78 Å². The van der Waals surface area contributed by atoms with Gasteiger partial charge in [0.2, 0.25) is 5.91 Å². The zero-order valence-corrected chi connectivity index (χ0v) is 16.3. The van der Waals surface area contributed by atoms with Gasteiger partial charge in [-0.2, -0.15) is 0 Å². The van der Waals surface area contributed by atoms with Gasteiger partial charge in [0.1, 0.15) is 17.3 Å². The van der Waals surface area contributed by atoms with Crippen molar-refractivity contribution in [3.8, 4) is 5.69 Å². The lowest BCUT2D eigenvalue weighted by Gasteiger charge is -2.18. The quantitative estimate of drug-likeness (QED) is 0.610. The molecule has 1 amide bonds. The van der Waals surface area contributed by atoms with Crippen molar-refractivity contribution in [2.24, 2.45) is 11.7 Å². The molecule has 2 aromatic carbocycles. The van der Waals surface area contributed by atoms with Crippen LogP contribution in [-0.2, 0) is 11.2 Å². The largest absolute Gasteiger partial charge is 0.369 e. The van der Waals surface area contributed by atoms with Crippen LogP contribution in [0, 0.1) is 24.5 Å². The van der Waals surface area contributed by atoms with Crippen molar-refractivity contribution < 1.29 is 13.6 Å². The highest BCUT2D eigenvalue weighted by Gasteiger charge is 2.20. The number of nitrogens with one attached hydrogen (secondary N) is 1. The molecule has 0 fully saturated rings. The van der Waals surface area contributed by atoms with Crippen LogP contribution in [0.15, 0.2) is 48.5 Å². The van der Waals surface area contributed by atoms with Crippen molar-refractivity contribution in [3.63, 3.8) is 0 Å². The molecule has 0 saturated heterocycles. The summed E-state index contributed by atoms with van der Waals surface area (Å²) in [5.41, 5.74) is 8.62. The fraction of sp³-hybridized carbons (Fsp3) is 0.286. The van der Waals surface area contributed by atoms with Crippen LogP contribution in [0.5, 0.6) is 0 Å². The van der Waals surface area contributed by atoms with E-state index in [1.165, 1.54) is 24.3 Å². The number of benzene rings is 2. The molecule has 3 N–H and O–H groups in total. The standard InChI is InChI=1S/C21H23F2N5O/c1-13(20-14(2)28(27-26-20)19-9-7-18(23)8-10-19)25-12-16(21(24)29)11-15-3-5-17(22)6-4-15/h3-10,13,16,25H,11-12H2,1-2H3,(H2,24,29). The zero-order chi connectivity index (χ0) is 21.0. The van der Waals surface area contributed by atoms with E-state index >= 15 is 0 Å². The highest BCUT2D eigenvalue weighted by Crippen LogP contribution is 2.19. The predicted octanol–water partition coefficient (Wildman–Crippen LogP) is 2.85. The minimum absolute atomic E-state index is 0.181. The van der Waals surface area contributed by atoms with Gasteiger partial charge >= 0.3 is 0 Å². The van der Waals surface area contributed by atoms with E-state index in [1.54, 1.807) is 28.9 Å². The summed E-state index contributed by atoms with van der Waals surface area (Å²) >= 11 is 0.